The fraction of sp³-hybridized carbons (Fsp3) is 0.750. The van der Waals surface area contributed by atoms with E-state index in [1.54, 1.807) is 0 Å². The highest BCUT2D eigenvalue weighted by atomic mass is 17.0. The highest BCUT2D eigenvalue weighted by Crippen LogP contribution is 1.82. The third-order valence-electron chi connectivity index (χ3n) is 0.514. The molecule has 0 bridgehead atoms. The van der Waals surface area contributed by atoms with Crippen LogP contribution in [-0.2, 0) is 14.5 Å². The second-order valence-corrected chi connectivity index (χ2v) is 1.21. The summed E-state index contributed by atoms with van der Waals surface area (Å²) >= 11 is 0. The van der Waals surface area contributed by atoms with Gasteiger partial charge in [-0.25, -0.2) is 0 Å². The summed E-state index contributed by atoms with van der Waals surface area (Å²) in [4.78, 5) is 18.9. The summed E-state index contributed by atoms with van der Waals surface area (Å²) in [5.41, 5.74) is 0. The van der Waals surface area contributed by atoms with Gasteiger partial charge < -0.3 is 4.84 Å². The van der Waals surface area contributed by atoms with Crippen LogP contribution < -0.4 is 0 Å². The second kappa shape index (κ2) is 3.40. The summed E-state index contributed by atoms with van der Waals surface area (Å²) in [6.45, 7) is 1.30. The quantitative estimate of drug-likeness (QED) is 0.478. The second-order valence-electron chi connectivity index (χ2n) is 1.21. The minimum Gasteiger partial charge on any atom is -0.343 e. The van der Waals surface area contributed by atoms with Crippen molar-refractivity contribution in [2.24, 2.45) is 0 Å². The molecule has 8 heavy (non-hydrogen) atoms. The summed E-state index contributed by atoms with van der Waals surface area (Å²) < 4.78 is 0. The molecule has 0 saturated carbocycles. The Labute approximate surface area is 47.9 Å². The number of hydrogen-bond acceptors (Lipinski definition) is 4. The SMILES string of the molecule is CON(C)OC(C)=O. The maximum Gasteiger partial charge on any atom is 0.325 e. The van der Waals surface area contributed by atoms with Crippen molar-refractivity contribution in [1.29, 1.82) is 0 Å². The molecule has 0 aromatic carbocycles. The monoisotopic (exact) mass is 119 g/mol. The number of rotatable bonds is 2. The van der Waals surface area contributed by atoms with Gasteiger partial charge in [-0.1, -0.05) is 0 Å². The van der Waals surface area contributed by atoms with E-state index in [0.29, 0.717) is 0 Å². The highest BCUT2D eigenvalue weighted by Gasteiger charge is 1.96. The normalized spacial score (nSPS) is 9.50. The van der Waals surface area contributed by atoms with E-state index in [9.17, 15) is 4.79 Å². The van der Waals surface area contributed by atoms with Crippen molar-refractivity contribution in [3.05, 3.63) is 0 Å². The lowest BCUT2D eigenvalue weighted by molar-refractivity contribution is -0.316. The van der Waals surface area contributed by atoms with Crippen molar-refractivity contribution >= 4 is 5.97 Å². The van der Waals surface area contributed by atoms with Gasteiger partial charge in [0.15, 0.2) is 0 Å². The van der Waals surface area contributed by atoms with E-state index >= 15 is 0 Å². The third kappa shape index (κ3) is 3.58. The van der Waals surface area contributed by atoms with E-state index in [2.05, 4.69) is 9.68 Å². The number of hydrogen-bond donors (Lipinski definition) is 0. The summed E-state index contributed by atoms with van der Waals surface area (Å²) in [5.74, 6) is -0.394. The largest absolute Gasteiger partial charge is 0.343 e. The van der Waals surface area contributed by atoms with E-state index in [-0.39, 0.29) is 0 Å². The van der Waals surface area contributed by atoms with Crippen molar-refractivity contribution < 1.29 is 14.5 Å². The standard InChI is InChI=1S/C4H9NO3/c1-4(6)8-5(2)7-3/h1-3H3. The average molecular weight is 119 g/mol. The van der Waals surface area contributed by atoms with Gasteiger partial charge >= 0.3 is 5.97 Å². The molecule has 0 fully saturated rings. The molecule has 0 radical (unpaired) electrons. The van der Waals surface area contributed by atoms with Crippen LogP contribution in [0.2, 0.25) is 0 Å². The molecule has 0 atom stereocenters. The first kappa shape index (κ1) is 7.39. The average Bonchev–Trinajstić information content (AvgIpc) is 1.65. The zero-order chi connectivity index (χ0) is 6.57. The summed E-state index contributed by atoms with van der Waals surface area (Å²) in [7, 11) is 2.89. The maximum atomic E-state index is 10.1. The molecule has 0 saturated heterocycles. The van der Waals surface area contributed by atoms with Gasteiger partial charge in [-0.2, -0.15) is 0 Å². The zero-order valence-electron chi connectivity index (χ0n) is 5.17. The van der Waals surface area contributed by atoms with Crippen molar-refractivity contribution in [2.45, 2.75) is 6.92 Å². The molecule has 0 unspecified atom stereocenters. The molecule has 0 aliphatic carbocycles. The van der Waals surface area contributed by atoms with Crippen LogP contribution in [0, 0.1) is 0 Å². The Morgan fingerprint density at radius 1 is 1.62 bits per heavy atom. The lowest BCUT2D eigenvalue weighted by Gasteiger charge is -2.09. The number of carbonyl (C=O) groups is 1. The third-order valence-corrected chi connectivity index (χ3v) is 0.514. The lowest BCUT2D eigenvalue weighted by Crippen LogP contribution is -2.19. The molecule has 0 aliphatic heterocycles. The summed E-state index contributed by atoms with van der Waals surface area (Å²) in [5, 5.41) is 0.975. The Morgan fingerprint density at radius 3 is 2.25 bits per heavy atom. The molecule has 0 N–H and O–H groups in total. The first-order chi connectivity index (χ1) is 3.66. The summed E-state index contributed by atoms with van der Waals surface area (Å²) in [6, 6.07) is 0. The van der Waals surface area contributed by atoms with Crippen LogP contribution in [0.5, 0.6) is 0 Å². The van der Waals surface area contributed by atoms with Crippen molar-refractivity contribution in [3.63, 3.8) is 0 Å². The van der Waals surface area contributed by atoms with Gasteiger partial charge in [0.2, 0.25) is 0 Å². The van der Waals surface area contributed by atoms with Gasteiger partial charge in [-0.3, -0.25) is 9.63 Å². The number of carbonyl (C=O) groups excluding carboxylic acids is 1. The Balaban J connectivity index is 3.24. The predicted molar refractivity (Wildman–Crippen MR) is 26.5 cm³/mol. The van der Waals surface area contributed by atoms with Gasteiger partial charge in [0.05, 0.1) is 14.2 Å². The molecular formula is C4H9NO3. The van der Waals surface area contributed by atoms with Crippen LogP contribution in [0.25, 0.3) is 0 Å². The highest BCUT2D eigenvalue weighted by molar-refractivity contribution is 5.65. The van der Waals surface area contributed by atoms with Crippen LogP contribution in [0.1, 0.15) is 6.92 Å². The fourth-order valence-corrected chi connectivity index (χ4v) is 0.218. The maximum absolute atomic E-state index is 10.1. The Kier molecular flexibility index (Phi) is 3.14. The molecule has 0 rings (SSSR count). The molecule has 4 heteroatoms. The van der Waals surface area contributed by atoms with Gasteiger partial charge in [0, 0.05) is 6.92 Å². The summed E-state index contributed by atoms with van der Waals surface area (Å²) in [6.07, 6.45) is 0. The van der Waals surface area contributed by atoms with Gasteiger partial charge in [-0.15, -0.1) is 0 Å². The molecule has 0 aromatic heterocycles. The molecular weight excluding hydrogens is 110 g/mol. The number of nitrogens with zero attached hydrogens (tertiary/aromatic N) is 1. The zero-order valence-corrected chi connectivity index (χ0v) is 5.17. The Morgan fingerprint density at radius 2 is 2.12 bits per heavy atom. The first-order valence-corrected chi connectivity index (χ1v) is 2.13. The van der Waals surface area contributed by atoms with Crippen LogP contribution >= 0.6 is 0 Å². The van der Waals surface area contributed by atoms with E-state index in [1.807, 2.05) is 0 Å². The van der Waals surface area contributed by atoms with Gasteiger partial charge in [0.25, 0.3) is 0 Å². The first-order valence-electron chi connectivity index (χ1n) is 2.13. The number of hydroxylamine groups is 2. The lowest BCUT2D eigenvalue weighted by atomic mass is 10.8. The Hall–Kier alpha value is -0.610. The molecule has 0 aromatic rings. The van der Waals surface area contributed by atoms with E-state index in [1.165, 1.54) is 21.1 Å². The van der Waals surface area contributed by atoms with Crippen LogP contribution in [-0.4, -0.2) is 25.4 Å². The van der Waals surface area contributed by atoms with Crippen LogP contribution in [0.15, 0.2) is 0 Å². The van der Waals surface area contributed by atoms with Crippen molar-refractivity contribution in [1.82, 2.24) is 5.23 Å². The minimum absolute atomic E-state index is 0.394. The topological polar surface area (TPSA) is 38.8 Å². The molecule has 0 amide bonds. The van der Waals surface area contributed by atoms with Crippen LogP contribution in [0.4, 0.5) is 0 Å². The minimum atomic E-state index is -0.394. The van der Waals surface area contributed by atoms with Gasteiger partial charge in [0.1, 0.15) is 0 Å². The fourth-order valence-electron chi connectivity index (χ4n) is 0.218. The van der Waals surface area contributed by atoms with E-state index in [4.69, 9.17) is 0 Å². The van der Waals surface area contributed by atoms with Crippen molar-refractivity contribution in [2.75, 3.05) is 14.2 Å². The molecule has 4 nitrogen and oxygen atoms in total. The molecule has 48 valence electrons. The molecule has 0 heterocycles. The van der Waals surface area contributed by atoms with Crippen molar-refractivity contribution in [3.8, 4) is 0 Å². The van der Waals surface area contributed by atoms with E-state index in [0.717, 1.165) is 5.23 Å². The van der Waals surface area contributed by atoms with Gasteiger partial charge in [-0.05, 0) is 5.23 Å². The molecule has 0 aliphatic rings. The molecule has 0 spiro atoms. The van der Waals surface area contributed by atoms with E-state index < -0.39 is 5.97 Å². The smallest absolute Gasteiger partial charge is 0.325 e. The van der Waals surface area contributed by atoms with Crippen LogP contribution in [0.3, 0.4) is 0 Å². The Bertz CT molecular complexity index is 83.4. The predicted octanol–water partition coefficient (Wildman–Crippen LogP) is -0.0423.